The van der Waals surface area contributed by atoms with Gasteiger partial charge < -0.3 is 9.47 Å². The Morgan fingerprint density at radius 1 is 1.17 bits per heavy atom. The second-order valence-electron chi connectivity index (χ2n) is 7.02. The highest BCUT2D eigenvalue weighted by Crippen LogP contribution is 2.36. The van der Waals surface area contributed by atoms with Gasteiger partial charge >= 0.3 is 5.97 Å². The molecule has 0 saturated carbocycles. The van der Waals surface area contributed by atoms with Crippen molar-refractivity contribution in [2.24, 2.45) is 0 Å². The maximum absolute atomic E-state index is 12.8. The lowest BCUT2D eigenvalue weighted by atomic mass is 10.0. The molecule has 0 N–H and O–H groups in total. The van der Waals surface area contributed by atoms with Gasteiger partial charge in [-0.3, -0.25) is 19.3 Å². The number of fused-ring (bicyclic) bond motifs is 1. The molecule has 2 aromatic rings. The van der Waals surface area contributed by atoms with Crippen LogP contribution in [-0.2, 0) is 14.3 Å². The zero-order valence-corrected chi connectivity index (χ0v) is 18.2. The van der Waals surface area contributed by atoms with Gasteiger partial charge in [0.1, 0.15) is 12.3 Å². The summed E-state index contributed by atoms with van der Waals surface area (Å²) in [4.78, 5) is 38.5. The number of benzene rings is 2. The first kappa shape index (κ1) is 21.9. The second-order valence-corrected chi connectivity index (χ2v) is 8.02. The van der Waals surface area contributed by atoms with Crippen LogP contribution in [0.5, 0.6) is 5.75 Å². The SMILES string of the molecule is CCCOc1ccc2ccccc2c1/C=C1\SC(=O)N(CC(=O)O[C@H](C)CC)C1=O. The van der Waals surface area contributed by atoms with Crippen molar-refractivity contribution in [1.82, 2.24) is 4.90 Å². The first-order valence-corrected chi connectivity index (χ1v) is 10.9. The summed E-state index contributed by atoms with van der Waals surface area (Å²) in [5, 5.41) is 1.45. The fraction of sp³-hybridized carbons (Fsp3) is 0.348. The van der Waals surface area contributed by atoms with Crippen molar-refractivity contribution in [3.8, 4) is 5.75 Å². The van der Waals surface area contributed by atoms with Crippen molar-refractivity contribution in [3.05, 3.63) is 46.9 Å². The topological polar surface area (TPSA) is 72.9 Å². The number of esters is 1. The van der Waals surface area contributed by atoms with Gasteiger partial charge in [0.25, 0.3) is 11.1 Å². The molecular weight excluding hydrogens is 402 g/mol. The number of hydrogen-bond acceptors (Lipinski definition) is 6. The minimum Gasteiger partial charge on any atom is -0.493 e. The number of hydrogen-bond donors (Lipinski definition) is 0. The fourth-order valence-corrected chi connectivity index (χ4v) is 3.82. The Bertz CT molecular complexity index is 1000. The van der Waals surface area contributed by atoms with Crippen molar-refractivity contribution < 1.29 is 23.9 Å². The number of carbonyl (C=O) groups is 3. The Kier molecular flexibility index (Phi) is 7.15. The summed E-state index contributed by atoms with van der Waals surface area (Å²) < 4.78 is 11.1. The molecule has 7 heteroatoms. The number of ether oxygens (including phenoxy) is 2. The molecule has 6 nitrogen and oxygen atoms in total. The molecule has 2 aromatic carbocycles. The van der Waals surface area contributed by atoms with Crippen LogP contribution in [0, 0.1) is 0 Å². The third-order valence-corrected chi connectivity index (χ3v) is 5.64. The molecule has 0 bridgehead atoms. The van der Waals surface area contributed by atoms with E-state index in [0.29, 0.717) is 18.8 Å². The van der Waals surface area contributed by atoms with E-state index < -0.39 is 17.1 Å². The van der Waals surface area contributed by atoms with E-state index in [1.165, 1.54) is 0 Å². The molecule has 1 atom stereocenters. The molecule has 1 aliphatic heterocycles. The summed E-state index contributed by atoms with van der Waals surface area (Å²) in [5.41, 5.74) is 0.745. The highest BCUT2D eigenvalue weighted by atomic mass is 32.2. The average Bonchev–Trinajstić information content (AvgIpc) is 3.00. The van der Waals surface area contributed by atoms with E-state index >= 15 is 0 Å². The first-order valence-electron chi connectivity index (χ1n) is 10.0. The van der Waals surface area contributed by atoms with Crippen LogP contribution in [0.1, 0.15) is 39.2 Å². The van der Waals surface area contributed by atoms with E-state index in [1.54, 1.807) is 13.0 Å². The lowest BCUT2D eigenvalue weighted by Crippen LogP contribution is -2.35. The molecular formula is C23H25NO5S. The summed E-state index contributed by atoms with van der Waals surface area (Å²) in [5.74, 6) is -0.441. The molecule has 0 aromatic heterocycles. The van der Waals surface area contributed by atoms with Crippen LogP contribution in [0.4, 0.5) is 4.79 Å². The highest BCUT2D eigenvalue weighted by Gasteiger charge is 2.37. The number of imide groups is 1. The van der Waals surface area contributed by atoms with E-state index in [-0.39, 0.29) is 17.6 Å². The van der Waals surface area contributed by atoms with Crippen molar-refractivity contribution in [2.75, 3.05) is 13.2 Å². The van der Waals surface area contributed by atoms with Gasteiger partial charge in [-0.15, -0.1) is 0 Å². The summed E-state index contributed by atoms with van der Waals surface area (Å²) >= 11 is 0.820. The van der Waals surface area contributed by atoms with Crippen LogP contribution in [-0.4, -0.2) is 41.3 Å². The van der Waals surface area contributed by atoms with Gasteiger partial charge in [0.05, 0.1) is 17.6 Å². The Balaban J connectivity index is 1.91. The molecule has 0 aliphatic carbocycles. The summed E-state index contributed by atoms with van der Waals surface area (Å²) in [7, 11) is 0. The average molecular weight is 428 g/mol. The van der Waals surface area contributed by atoms with Gasteiger partial charge in [-0.2, -0.15) is 0 Å². The quantitative estimate of drug-likeness (QED) is 0.436. The monoisotopic (exact) mass is 427 g/mol. The molecule has 1 aliphatic rings. The number of rotatable bonds is 8. The molecule has 2 amide bonds. The van der Waals surface area contributed by atoms with Gasteiger partial charge in [0.2, 0.25) is 0 Å². The summed E-state index contributed by atoms with van der Waals surface area (Å²) in [6, 6.07) is 11.6. The van der Waals surface area contributed by atoms with Crippen LogP contribution in [0.25, 0.3) is 16.8 Å². The molecule has 1 saturated heterocycles. The van der Waals surface area contributed by atoms with Crippen molar-refractivity contribution in [3.63, 3.8) is 0 Å². The van der Waals surface area contributed by atoms with Gasteiger partial charge in [-0.25, -0.2) is 0 Å². The summed E-state index contributed by atoms with van der Waals surface area (Å²) in [6.07, 6.45) is 2.93. The zero-order valence-electron chi connectivity index (χ0n) is 17.3. The van der Waals surface area contributed by atoms with E-state index in [9.17, 15) is 14.4 Å². The fourth-order valence-electron chi connectivity index (χ4n) is 3.00. The molecule has 0 radical (unpaired) electrons. The smallest absolute Gasteiger partial charge is 0.326 e. The number of nitrogens with zero attached hydrogens (tertiary/aromatic N) is 1. The van der Waals surface area contributed by atoms with E-state index in [2.05, 4.69) is 0 Å². The van der Waals surface area contributed by atoms with E-state index in [1.807, 2.05) is 50.2 Å². The van der Waals surface area contributed by atoms with Crippen molar-refractivity contribution >= 4 is 45.7 Å². The number of carbonyl (C=O) groups excluding carboxylic acids is 3. The van der Waals surface area contributed by atoms with Crippen LogP contribution >= 0.6 is 11.8 Å². The van der Waals surface area contributed by atoms with Gasteiger partial charge in [-0.1, -0.05) is 44.2 Å². The molecule has 158 valence electrons. The van der Waals surface area contributed by atoms with Crippen LogP contribution in [0.15, 0.2) is 41.3 Å². The predicted molar refractivity (Wildman–Crippen MR) is 118 cm³/mol. The zero-order chi connectivity index (χ0) is 21.7. The molecule has 0 spiro atoms. The Morgan fingerprint density at radius 3 is 2.67 bits per heavy atom. The van der Waals surface area contributed by atoms with Crippen molar-refractivity contribution in [2.45, 2.75) is 39.7 Å². The van der Waals surface area contributed by atoms with E-state index in [0.717, 1.165) is 39.4 Å². The molecule has 0 unspecified atom stereocenters. The molecule has 1 fully saturated rings. The van der Waals surface area contributed by atoms with Gasteiger partial charge in [0, 0.05) is 5.56 Å². The Hall–Kier alpha value is -2.80. The third kappa shape index (κ3) is 4.84. The standard InChI is InChI=1S/C23H25NO5S/c1-4-12-28-19-11-10-16-8-6-7-9-17(16)18(19)13-20-22(26)24(23(27)30-20)14-21(25)29-15(3)5-2/h6-11,13,15H,4-5,12,14H2,1-3H3/b20-13-/t15-/m1/s1. The second kappa shape index (κ2) is 9.80. The van der Waals surface area contributed by atoms with Gasteiger partial charge in [-0.05, 0) is 54.4 Å². The molecule has 1 heterocycles. The van der Waals surface area contributed by atoms with Crippen LogP contribution in [0.2, 0.25) is 0 Å². The minimum atomic E-state index is -0.593. The molecule has 3 rings (SSSR count). The largest absolute Gasteiger partial charge is 0.493 e. The van der Waals surface area contributed by atoms with Crippen LogP contribution < -0.4 is 4.74 Å². The number of thioether (sulfide) groups is 1. The third-order valence-electron chi connectivity index (χ3n) is 4.74. The Labute approximate surface area is 180 Å². The van der Waals surface area contributed by atoms with Gasteiger partial charge in [0.15, 0.2) is 0 Å². The van der Waals surface area contributed by atoms with Crippen LogP contribution in [0.3, 0.4) is 0 Å². The lowest BCUT2D eigenvalue weighted by Gasteiger charge is -2.15. The highest BCUT2D eigenvalue weighted by molar-refractivity contribution is 8.18. The van der Waals surface area contributed by atoms with Crippen molar-refractivity contribution in [1.29, 1.82) is 0 Å². The maximum atomic E-state index is 12.8. The number of amides is 2. The first-order chi connectivity index (χ1) is 14.4. The summed E-state index contributed by atoms with van der Waals surface area (Å²) in [6.45, 7) is 5.83. The normalized spacial score (nSPS) is 16.4. The minimum absolute atomic E-state index is 0.258. The maximum Gasteiger partial charge on any atom is 0.326 e. The van der Waals surface area contributed by atoms with E-state index in [4.69, 9.17) is 9.47 Å². The predicted octanol–water partition coefficient (Wildman–Crippen LogP) is 5.01. The lowest BCUT2D eigenvalue weighted by molar-refractivity contribution is -0.150. The molecule has 30 heavy (non-hydrogen) atoms. The Morgan fingerprint density at radius 2 is 1.93 bits per heavy atom.